The van der Waals surface area contributed by atoms with Crippen molar-refractivity contribution in [1.29, 1.82) is 5.26 Å². The van der Waals surface area contributed by atoms with Crippen LogP contribution in [0.25, 0.3) is 0 Å². The van der Waals surface area contributed by atoms with Gasteiger partial charge in [0, 0.05) is 5.25 Å². The Labute approximate surface area is 106 Å². The van der Waals surface area contributed by atoms with Gasteiger partial charge in [-0.15, -0.1) is 23.1 Å². The van der Waals surface area contributed by atoms with Gasteiger partial charge in [-0.3, -0.25) is 5.32 Å². The zero-order chi connectivity index (χ0) is 12.0. The second-order valence-corrected chi connectivity index (χ2v) is 6.73. The first-order valence-electron chi connectivity index (χ1n) is 5.46. The molecule has 2 unspecified atom stereocenters. The van der Waals surface area contributed by atoms with Crippen LogP contribution in [-0.4, -0.2) is 17.3 Å². The van der Waals surface area contributed by atoms with Crippen molar-refractivity contribution >= 4 is 23.1 Å². The summed E-state index contributed by atoms with van der Waals surface area (Å²) in [4.78, 5) is 0. The van der Waals surface area contributed by atoms with E-state index in [-0.39, 0.29) is 0 Å². The van der Waals surface area contributed by atoms with Gasteiger partial charge in [-0.2, -0.15) is 5.26 Å². The van der Waals surface area contributed by atoms with Gasteiger partial charge in [0.05, 0.1) is 10.3 Å². The summed E-state index contributed by atoms with van der Waals surface area (Å²) in [6.07, 6.45) is 0.861. The van der Waals surface area contributed by atoms with Gasteiger partial charge < -0.3 is 0 Å². The van der Waals surface area contributed by atoms with Crippen molar-refractivity contribution < 1.29 is 0 Å². The van der Waals surface area contributed by atoms with Crippen LogP contribution in [0.3, 0.4) is 0 Å². The van der Waals surface area contributed by atoms with E-state index in [2.05, 4.69) is 35.8 Å². The molecule has 1 aromatic heterocycles. The lowest BCUT2D eigenvalue weighted by molar-refractivity contribution is 0.429. The predicted molar refractivity (Wildman–Crippen MR) is 71.9 cm³/mol. The highest BCUT2D eigenvalue weighted by molar-refractivity contribution is 8.01. The SMILES string of the molecule is CCNC(C)(C#N)CC(C)Sc1cccs1. The van der Waals surface area contributed by atoms with Gasteiger partial charge in [0.15, 0.2) is 0 Å². The molecule has 0 aliphatic heterocycles. The normalized spacial score (nSPS) is 16.4. The van der Waals surface area contributed by atoms with Crippen LogP contribution >= 0.6 is 23.1 Å². The van der Waals surface area contributed by atoms with Crippen molar-refractivity contribution in [3.05, 3.63) is 17.5 Å². The zero-order valence-corrected chi connectivity index (χ0v) is 11.6. The summed E-state index contributed by atoms with van der Waals surface area (Å²) in [5, 5.41) is 15.0. The maximum Gasteiger partial charge on any atom is 0.104 e. The van der Waals surface area contributed by atoms with Gasteiger partial charge in [-0.25, -0.2) is 0 Å². The molecule has 0 bridgehead atoms. The molecule has 2 atom stereocenters. The third-order valence-corrected chi connectivity index (χ3v) is 4.50. The lowest BCUT2D eigenvalue weighted by atomic mass is 9.98. The maximum absolute atomic E-state index is 9.17. The summed E-state index contributed by atoms with van der Waals surface area (Å²) in [6.45, 7) is 7.02. The Morgan fingerprint density at radius 1 is 1.69 bits per heavy atom. The van der Waals surface area contributed by atoms with Gasteiger partial charge in [0.1, 0.15) is 5.54 Å². The van der Waals surface area contributed by atoms with Crippen LogP contribution in [0.15, 0.2) is 21.7 Å². The van der Waals surface area contributed by atoms with Crippen LogP contribution in [-0.2, 0) is 0 Å². The molecule has 0 saturated heterocycles. The Morgan fingerprint density at radius 2 is 2.44 bits per heavy atom. The standard InChI is InChI=1S/C12H18N2S2/c1-4-14-12(3,9-13)8-10(2)16-11-6-5-7-15-11/h5-7,10,14H,4,8H2,1-3H3. The van der Waals surface area contributed by atoms with Gasteiger partial charge in [-0.05, 0) is 31.3 Å². The van der Waals surface area contributed by atoms with Crippen molar-refractivity contribution in [2.75, 3.05) is 6.54 Å². The highest BCUT2D eigenvalue weighted by Crippen LogP contribution is 2.31. The fraction of sp³-hybridized carbons (Fsp3) is 0.583. The minimum absolute atomic E-state index is 0.404. The van der Waals surface area contributed by atoms with E-state index >= 15 is 0 Å². The maximum atomic E-state index is 9.17. The fourth-order valence-corrected chi connectivity index (χ4v) is 3.99. The van der Waals surface area contributed by atoms with Crippen LogP contribution in [0.1, 0.15) is 27.2 Å². The minimum atomic E-state index is -0.404. The van der Waals surface area contributed by atoms with Crippen molar-refractivity contribution in [3.8, 4) is 6.07 Å². The number of rotatable bonds is 6. The molecule has 0 fully saturated rings. The van der Waals surface area contributed by atoms with E-state index in [1.807, 2.05) is 25.6 Å². The third-order valence-electron chi connectivity index (χ3n) is 2.32. The van der Waals surface area contributed by atoms with Crippen molar-refractivity contribution in [1.82, 2.24) is 5.32 Å². The Kier molecular flexibility index (Phi) is 5.33. The Morgan fingerprint density at radius 3 is 2.94 bits per heavy atom. The smallest absolute Gasteiger partial charge is 0.104 e. The molecule has 4 heteroatoms. The number of hydrogen-bond donors (Lipinski definition) is 1. The monoisotopic (exact) mass is 254 g/mol. The Hall–Kier alpha value is -0.500. The number of nitrogens with zero attached hydrogens (tertiary/aromatic N) is 1. The summed E-state index contributed by atoms with van der Waals surface area (Å²) in [7, 11) is 0. The largest absolute Gasteiger partial charge is 0.300 e. The number of nitriles is 1. The highest BCUT2D eigenvalue weighted by Gasteiger charge is 2.25. The van der Waals surface area contributed by atoms with E-state index < -0.39 is 5.54 Å². The van der Waals surface area contributed by atoms with Crippen molar-refractivity contribution in [2.45, 2.75) is 42.2 Å². The average molecular weight is 254 g/mol. The molecule has 1 aromatic rings. The van der Waals surface area contributed by atoms with Crippen molar-refractivity contribution in [3.63, 3.8) is 0 Å². The molecule has 0 spiro atoms. The van der Waals surface area contributed by atoms with Crippen LogP contribution < -0.4 is 5.32 Å². The lowest BCUT2D eigenvalue weighted by Gasteiger charge is -2.25. The molecule has 0 saturated carbocycles. The summed E-state index contributed by atoms with van der Waals surface area (Å²) < 4.78 is 1.32. The molecule has 1 heterocycles. The van der Waals surface area contributed by atoms with Crippen LogP contribution in [0.2, 0.25) is 0 Å². The molecule has 0 aliphatic carbocycles. The van der Waals surface area contributed by atoms with Gasteiger partial charge in [-0.1, -0.05) is 19.9 Å². The summed E-state index contributed by atoms with van der Waals surface area (Å²) >= 11 is 3.60. The first-order chi connectivity index (χ1) is 7.59. The zero-order valence-electron chi connectivity index (χ0n) is 9.99. The van der Waals surface area contributed by atoms with Gasteiger partial charge in [0.25, 0.3) is 0 Å². The van der Waals surface area contributed by atoms with Gasteiger partial charge >= 0.3 is 0 Å². The summed E-state index contributed by atoms with van der Waals surface area (Å²) in [5.41, 5.74) is -0.404. The molecule has 0 radical (unpaired) electrons. The Bertz CT molecular complexity index is 342. The van der Waals surface area contributed by atoms with Crippen LogP contribution in [0.4, 0.5) is 0 Å². The molecular formula is C12H18N2S2. The number of nitrogens with one attached hydrogen (secondary N) is 1. The molecular weight excluding hydrogens is 236 g/mol. The van der Waals surface area contributed by atoms with Crippen molar-refractivity contribution in [2.24, 2.45) is 0 Å². The topological polar surface area (TPSA) is 35.8 Å². The van der Waals surface area contributed by atoms with E-state index in [1.54, 1.807) is 11.3 Å². The summed E-state index contributed by atoms with van der Waals surface area (Å²) in [6, 6.07) is 6.56. The number of hydrogen-bond acceptors (Lipinski definition) is 4. The van der Waals surface area contributed by atoms with E-state index in [1.165, 1.54) is 4.21 Å². The summed E-state index contributed by atoms with van der Waals surface area (Å²) in [5.74, 6) is 0. The fourth-order valence-electron chi connectivity index (χ4n) is 1.69. The van der Waals surface area contributed by atoms with Crippen LogP contribution in [0.5, 0.6) is 0 Å². The molecule has 88 valence electrons. The molecule has 1 rings (SSSR count). The van der Waals surface area contributed by atoms with E-state index in [4.69, 9.17) is 0 Å². The number of thioether (sulfide) groups is 1. The predicted octanol–water partition coefficient (Wildman–Crippen LogP) is 3.51. The number of thiophene rings is 1. The molecule has 0 aromatic carbocycles. The molecule has 0 aliphatic rings. The minimum Gasteiger partial charge on any atom is -0.300 e. The van der Waals surface area contributed by atoms with Gasteiger partial charge in [0.2, 0.25) is 0 Å². The first kappa shape index (κ1) is 13.6. The molecule has 1 N–H and O–H groups in total. The lowest BCUT2D eigenvalue weighted by Crippen LogP contribution is -2.42. The van der Waals surface area contributed by atoms with E-state index in [0.717, 1.165) is 13.0 Å². The third kappa shape index (κ3) is 4.17. The quantitative estimate of drug-likeness (QED) is 0.789. The van der Waals surface area contributed by atoms with E-state index in [9.17, 15) is 5.26 Å². The molecule has 16 heavy (non-hydrogen) atoms. The molecule has 0 amide bonds. The second kappa shape index (κ2) is 6.29. The average Bonchev–Trinajstić information content (AvgIpc) is 2.70. The van der Waals surface area contributed by atoms with Crippen LogP contribution in [0, 0.1) is 11.3 Å². The molecule has 2 nitrogen and oxygen atoms in total. The Balaban J connectivity index is 2.50. The first-order valence-corrected chi connectivity index (χ1v) is 7.22. The van der Waals surface area contributed by atoms with E-state index in [0.29, 0.717) is 5.25 Å². The highest BCUT2D eigenvalue weighted by atomic mass is 32.2. The second-order valence-electron chi connectivity index (χ2n) is 4.04.